The second-order valence-corrected chi connectivity index (χ2v) is 4.21. The van der Waals surface area contributed by atoms with Gasteiger partial charge < -0.3 is 0 Å². The number of hydrogen-bond acceptors (Lipinski definition) is 1. The monoisotopic (exact) mass is 194 g/mol. The van der Waals surface area contributed by atoms with Crippen molar-refractivity contribution in [1.82, 2.24) is 0 Å². The summed E-state index contributed by atoms with van der Waals surface area (Å²) in [6.07, 6.45) is 12.5. The summed E-state index contributed by atoms with van der Waals surface area (Å²) < 4.78 is 0. The lowest BCUT2D eigenvalue weighted by Gasteiger charge is -2.01. The first-order valence-corrected chi connectivity index (χ1v) is 6.07. The number of hydrogen-bond donors (Lipinski definition) is 0. The van der Waals surface area contributed by atoms with Crippen LogP contribution in [0.3, 0.4) is 0 Å². The second-order valence-electron chi connectivity index (χ2n) is 4.21. The number of allylic oxidation sites excluding steroid dienone is 2. The van der Waals surface area contributed by atoms with Crippen molar-refractivity contribution in [2.24, 2.45) is 0 Å². The summed E-state index contributed by atoms with van der Waals surface area (Å²) in [6, 6.07) is 0. The van der Waals surface area contributed by atoms with Gasteiger partial charge in [-0.3, -0.25) is 4.79 Å². The van der Waals surface area contributed by atoms with E-state index in [0.29, 0.717) is 5.78 Å². The van der Waals surface area contributed by atoms with Crippen LogP contribution >= 0.6 is 0 Å². The number of ketones is 1. The SMILES string of the molecule is CCCCCCCC(=O)C1=CCCC1. The molecule has 0 heterocycles. The van der Waals surface area contributed by atoms with Gasteiger partial charge in [0.1, 0.15) is 0 Å². The van der Waals surface area contributed by atoms with Crippen molar-refractivity contribution < 1.29 is 4.79 Å². The van der Waals surface area contributed by atoms with Crippen molar-refractivity contribution in [2.75, 3.05) is 0 Å². The maximum absolute atomic E-state index is 11.6. The Morgan fingerprint density at radius 2 is 2.07 bits per heavy atom. The van der Waals surface area contributed by atoms with Crippen molar-refractivity contribution in [3.05, 3.63) is 11.6 Å². The van der Waals surface area contributed by atoms with Crippen LogP contribution in [0.5, 0.6) is 0 Å². The van der Waals surface area contributed by atoms with Crippen LogP contribution in [-0.4, -0.2) is 5.78 Å². The Morgan fingerprint density at radius 3 is 2.71 bits per heavy atom. The third kappa shape index (κ3) is 4.08. The van der Waals surface area contributed by atoms with E-state index in [2.05, 4.69) is 13.0 Å². The molecular formula is C13H22O. The van der Waals surface area contributed by atoms with Gasteiger partial charge in [0, 0.05) is 6.42 Å². The molecule has 0 fully saturated rings. The Kier molecular flexibility index (Phi) is 5.58. The van der Waals surface area contributed by atoms with Crippen LogP contribution < -0.4 is 0 Å². The maximum atomic E-state index is 11.6. The summed E-state index contributed by atoms with van der Waals surface area (Å²) in [5.74, 6) is 0.416. The average Bonchev–Trinajstić information content (AvgIpc) is 2.70. The van der Waals surface area contributed by atoms with E-state index in [0.717, 1.165) is 31.3 Å². The second kappa shape index (κ2) is 6.80. The normalized spacial score (nSPS) is 15.6. The van der Waals surface area contributed by atoms with Gasteiger partial charge in [0.2, 0.25) is 0 Å². The predicted octanol–water partition coefficient (Wildman–Crippen LogP) is 4.03. The highest BCUT2D eigenvalue weighted by Crippen LogP contribution is 2.20. The van der Waals surface area contributed by atoms with Crippen LogP contribution in [0.1, 0.15) is 64.7 Å². The lowest BCUT2D eigenvalue weighted by atomic mass is 10.0. The first kappa shape index (κ1) is 11.5. The van der Waals surface area contributed by atoms with E-state index in [-0.39, 0.29) is 0 Å². The third-order valence-corrected chi connectivity index (χ3v) is 2.91. The minimum absolute atomic E-state index is 0.416. The zero-order chi connectivity index (χ0) is 10.2. The predicted molar refractivity (Wildman–Crippen MR) is 60.3 cm³/mol. The molecule has 0 atom stereocenters. The molecule has 1 aliphatic rings. The standard InChI is InChI=1S/C13H22O/c1-2-3-4-5-6-11-13(14)12-9-7-8-10-12/h9H,2-8,10-11H2,1H3. The van der Waals surface area contributed by atoms with Gasteiger partial charge in [0.05, 0.1) is 0 Å². The van der Waals surface area contributed by atoms with Gasteiger partial charge in [0.15, 0.2) is 5.78 Å². The Morgan fingerprint density at radius 1 is 1.29 bits per heavy atom. The average molecular weight is 194 g/mol. The zero-order valence-corrected chi connectivity index (χ0v) is 9.35. The van der Waals surface area contributed by atoms with Gasteiger partial charge in [-0.1, -0.05) is 38.7 Å². The number of Topliss-reactive ketones (excluding diaryl/α,β-unsaturated/α-hetero) is 1. The quantitative estimate of drug-likeness (QED) is 0.559. The lowest BCUT2D eigenvalue weighted by molar-refractivity contribution is -0.115. The summed E-state index contributed by atoms with van der Waals surface area (Å²) in [5, 5.41) is 0. The van der Waals surface area contributed by atoms with E-state index in [1.54, 1.807) is 0 Å². The molecule has 1 aliphatic carbocycles. The first-order valence-electron chi connectivity index (χ1n) is 6.07. The molecule has 0 saturated heterocycles. The largest absolute Gasteiger partial charge is 0.295 e. The van der Waals surface area contributed by atoms with Gasteiger partial charge in [-0.2, -0.15) is 0 Å². The van der Waals surface area contributed by atoms with Gasteiger partial charge in [-0.25, -0.2) is 0 Å². The minimum atomic E-state index is 0.416. The Labute approximate surface area is 87.6 Å². The zero-order valence-electron chi connectivity index (χ0n) is 9.35. The number of rotatable bonds is 7. The Bertz CT molecular complexity index is 203. The van der Waals surface area contributed by atoms with Crippen LogP contribution in [0.4, 0.5) is 0 Å². The molecule has 0 radical (unpaired) electrons. The molecule has 0 aromatic heterocycles. The van der Waals surface area contributed by atoms with E-state index in [9.17, 15) is 4.79 Å². The lowest BCUT2D eigenvalue weighted by Crippen LogP contribution is -1.99. The summed E-state index contributed by atoms with van der Waals surface area (Å²) in [6.45, 7) is 2.22. The van der Waals surface area contributed by atoms with Crippen LogP contribution in [-0.2, 0) is 4.79 Å². The topological polar surface area (TPSA) is 17.1 Å². The molecule has 0 N–H and O–H groups in total. The molecule has 0 amide bonds. The van der Waals surface area contributed by atoms with Crippen molar-refractivity contribution >= 4 is 5.78 Å². The molecule has 0 aromatic rings. The third-order valence-electron chi connectivity index (χ3n) is 2.91. The molecular weight excluding hydrogens is 172 g/mol. The molecule has 1 nitrogen and oxygen atoms in total. The molecule has 0 spiro atoms. The van der Waals surface area contributed by atoms with Crippen molar-refractivity contribution in [3.63, 3.8) is 0 Å². The number of carbonyl (C=O) groups is 1. The van der Waals surface area contributed by atoms with Crippen LogP contribution in [0.15, 0.2) is 11.6 Å². The molecule has 0 aromatic carbocycles. The van der Waals surface area contributed by atoms with Crippen LogP contribution in [0.2, 0.25) is 0 Å². The summed E-state index contributed by atoms with van der Waals surface area (Å²) in [7, 11) is 0. The molecule has 0 saturated carbocycles. The summed E-state index contributed by atoms with van der Waals surface area (Å²) in [4.78, 5) is 11.6. The molecule has 14 heavy (non-hydrogen) atoms. The number of unbranched alkanes of at least 4 members (excludes halogenated alkanes) is 4. The van der Waals surface area contributed by atoms with Crippen molar-refractivity contribution in [1.29, 1.82) is 0 Å². The van der Waals surface area contributed by atoms with Crippen LogP contribution in [0, 0.1) is 0 Å². The highest BCUT2D eigenvalue weighted by Gasteiger charge is 2.12. The summed E-state index contributed by atoms with van der Waals surface area (Å²) >= 11 is 0. The van der Waals surface area contributed by atoms with E-state index in [1.807, 2.05) is 0 Å². The molecule has 1 heteroatoms. The van der Waals surface area contributed by atoms with Crippen molar-refractivity contribution in [3.8, 4) is 0 Å². The smallest absolute Gasteiger partial charge is 0.158 e. The van der Waals surface area contributed by atoms with Crippen molar-refractivity contribution in [2.45, 2.75) is 64.7 Å². The maximum Gasteiger partial charge on any atom is 0.158 e. The van der Waals surface area contributed by atoms with E-state index >= 15 is 0 Å². The first-order chi connectivity index (χ1) is 6.84. The van der Waals surface area contributed by atoms with Gasteiger partial charge in [0.25, 0.3) is 0 Å². The molecule has 0 bridgehead atoms. The van der Waals surface area contributed by atoms with E-state index < -0.39 is 0 Å². The molecule has 0 aliphatic heterocycles. The molecule has 80 valence electrons. The van der Waals surface area contributed by atoms with E-state index in [4.69, 9.17) is 0 Å². The Balaban J connectivity index is 2.03. The molecule has 1 rings (SSSR count). The van der Waals surface area contributed by atoms with Gasteiger partial charge in [-0.05, 0) is 31.3 Å². The minimum Gasteiger partial charge on any atom is -0.295 e. The fourth-order valence-electron chi connectivity index (χ4n) is 1.97. The molecule has 0 unspecified atom stereocenters. The number of carbonyl (C=O) groups excluding carboxylic acids is 1. The fourth-order valence-corrected chi connectivity index (χ4v) is 1.97. The highest BCUT2D eigenvalue weighted by molar-refractivity contribution is 5.95. The Hall–Kier alpha value is -0.590. The van der Waals surface area contributed by atoms with Gasteiger partial charge >= 0.3 is 0 Å². The fraction of sp³-hybridized carbons (Fsp3) is 0.769. The van der Waals surface area contributed by atoms with Gasteiger partial charge in [-0.15, -0.1) is 0 Å². The summed E-state index contributed by atoms with van der Waals surface area (Å²) in [5.41, 5.74) is 1.11. The van der Waals surface area contributed by atoms with Crippen LogP contribution in [0.25, 0.3) is 0 Å². The highest BCUT2D eigenvalue weighted by atomic mass is 16.1. The van der Waals surface area contributed by atoms with E-state index in [1.165, 1.54) is 32.1 Å².